The summed E-state index contributed by atoms with van der Waals surface area (Å²) in [7, 11) is -0.394. The standard InChI is InChI=1S/C9H19NO5S/c1-13-9(14-2)6-10-16(11,12)7-8-4-3-5-15-8/h8-10H,3-7H2,1-2H3. The molecule has 7 heteroatoms. The maximum Gasteiger partial charge on any atom is 0.214 e. The molecule has 0 aromatic heterocycles. The monoisotopic (exact) mass is 253 g/mol. The summed E-state index contributed by atoms with van der Waals surface area (Å²) in [6, 6.07) is 0. The van der Waals surface area contributed by atoms with Crippen molar-refractivity contribution < 1.29 is 22.6 Å². The van der Waals surface area contributed by atoms with E-state index in [4.69, 9.17) is 14.2 Å². The van der Waals surface area contributed by atoms with Gasteiger partial charge >= 0.3 is 0 Å². The first-order chi connectivity index (χ1) is 7.57. The van der Waals surface area contributed by atoms with Crippen molar-refractivity contribution in [2.24, 2.45) is 0 Å². The Hall–Kier alpha value is -0.210. The molecule has 0 spiro atoms. The molecule has 1 aliphatic rings. The molecule has 96 valence electrons. The van der Waals surface area contributed by atoms with Crippen molar-refractivity contribution in [2.45, 2.75) is 25.2 Å². The Kier molecular flexibility index (Phi) is 5.63. The summed E-state index contributed by atoms with van der Waals surface area (Å²) in [6.07, 6.45) is 0.998. The maximum absolute atomic E-state index is 11.6. The lowest BCUT2D eigenvalue weighted by Gasteiger charge is -2.15. The Balaban J connectivity index is 2.33. The number of hydrogen-bond donors (Lipinski definition) is 1. The van der Waals surface area contributed by atoms with Gasteiger partial charge in [-0.1, -0.05) is 0 Å². The second-order valence-electron chi connectivity index (χ2n) is 3.67. The van der Waals surface area contributed by atoms with Crippen LogP contribution in [-0.4, -0.2) is 53.9 Å². The Morgan fingerprint density at radius 3 is 2.62 bits per heavy atom. The van der Waals surface area contributed by atoms with Crippen LogP contribution in [0.15, 0.2) is 0 Å². The van der Waals surface area contributed by atoms with Gasteiger partial charge in [0.1, 0.15) is 0 Å². The van der Waals surface area contributed by atoms with Crippen molar-refractivity contribution in [3.05, 3.63) is 0 Å². The zero-order valence-electron chi connectivity index (χ0n) is 9.64. The van der Waals surface area contributed by atoms with Gasteiger partial charge in [-0.05, 0) is 12.8 Å². The third-order valence-electron chi connectivity index (χ3n) is 2.42. The SMILES string of the molecule is COC(CNS(=O)(=O)CC1CCCO1)OC. The van der Waals surface area contributed by atoms with E-state index in [2.05, 4.69) is 4.72 Å². The molecule has 0 radical (unpaired) electrons. The van der Waals surface area contributed by atoms with Gasteiger partial charge in [-0.3, -0.25) is 0 Å². The van der Waals surface area contributed by atoms with Crippen LogP contribution in [-0.2, 0) is 24.2 Å². The molecule has 1 rings (SSSR count). The fraction of sp³-hybridized carbons (Fsp3) is 1.00. The summed E-state index contributed by atoms with van der Waals surface area (Å²) in [5.41, 5.74) is 0. The highest BCUT2D eigenvalue weighted by Crippen LogP contribution is 2.13. The molecule has 0 amide bonds. The highest BCUT2D eigenvalue weighted by atomic mass is 32.2. The van der Waals surface area contributed by atoms with Crippen LogP contribution in [0, 0.1) is 0 Å². The largest absolute Gasteiger partial charge is 0.377 e. The second kappa shape index (κ2) is 6.51. The van der Waals surface area contributed by atoms with Gasteiger partial charge in [0.2, 0.25) is 10.0 Å². The minimum Gasteiger partial charge on any atom is -0.377 e. The Morgan fingerprint density at radius 2 is 2.12 bits per heavy atom. The van der Waals surface area contributed by atoms with Crippen LogP contribution in [0.25, 0.3) is 0 Å². The van der Waals surface area contributed by atoms with Crippen molar-refractivity contribution in [1.29, 1.82) is 0 Å². The molecule has 1 atom stereocenters. The molecule has 0 bridgehead atoms. The van der Waals surface area contributed by atoms with Gasteiger partial charge in [0, 0.05) is 20.8 Å². The van der Waals surface area contributed by atoms with E-state index in [1.165, 1.54) is 14.2 Å². The fourth-order valence-electron chi connectivity index (χ4n) is 1.54. The van der Waals surface area contributed by atoms with Crippen molar-refractivity contribution in [3.8, 4) is 0 Å². The zero-order chi connectivity index (χ0) is 12.0. The first kappa shape index (κ1) is 13.9. The van der Waals surface area contributed by atoms with Crippen LogP contribution < -0.4 is 4.72 Å². The molecule has 1 unspecified atom stereocenters. The van der Waals surface area contributed by atoms with E-state index in [-0.39, 0.29) is 18.4 Å². The topological polar surface area (TPSA) is 73.9 Å². The Morgan fingerprint density at radius 1 is 1.44 bits per heavy atom. The van der Waals surface area contributed by atoms with Crippen molar-refractivity contribution in [2.75, 3.05) is 33.1 Å². The van der Waals surface area contributed by atoms with E-state index in [0.29, 0.717) is 6.61 Å². The summed E-state index contributed by atoms with van der Waals surface area (Å²) in [5, 5.41) is 0. The van der Waals surface area contributed by atoms with E-state index < -0.39 is 16.3 Å². The quantitative estimate of drug-likeness (QED) is 0.631. The van der Waals surface area contributed by atoms with Crippen LogP contribution in [0.5, 0.6) is 0 Å². The van der Waals surface area contributed by atoms with E-state index in [1.54, 1.807) is 0 Å². The van der Waals surface area contributed by atoms with Crippen LogP contribution in [0.4, 0.5) is 0 Å². The molecule has 1 aliphatic heterocycles. The molecular weight excluding hydrogens is 234 g/mol. The number of methoxy groups -OCH3 is 2. The highest BCUT2D eigenvalue weighted by Gasteiger charge is 2.23. The maximum atomic E-state index is 11.6. The summed E-state index contributed by atoms with van der Waals surface area (Å²) in [4.78, 5) is 0. The van der Waals surface area contributed by atoms with E-state index >= 15 is 0 Å². The predicted octanol–water partition coefficient (Wildman–Crippen LogP) is -0.296. The highest BCUT2D eigenvalue weighted by molar-refractivity contribution is 7.89. The summed E-state index contributed by atoms with van der Waals surface area (Å²) in [5.74, 6) is 0.00709. The minimum absolute atomic E-state index is 0.00709. The zero-order valence-corrected chi connectivity index (χ0v) is 10.5. The minimum atomic E-state index is -3.32. The number of hydrogen-bond acceptors (Lipinski definition) is 5. The van der Waals surface area contributed by atoms with E-state index in [9.17, 15) is 8.42 Å². The lowest BCUT2D eigenvalue weighted by atomic mass is 10.3. The van der Waals surface area contributed by atoms with Gasteiger partial charge in [0.25, 0.3) is 0 Å². The molecule has 16 heavy (non-hydrogen) atoms. The van der Waals surface area contributed by atoms with Gasteiger partial charge in [-0.25, -0.2) is 13.1 Å². The van der Waals surface area contributed by atoms with Crippen LogP contribution in [0.1, 0.15) is 12.8 Å². The van der Waals surface area contributed by atoms with Gasteiger partial charge in [0.05, 0.1) is 18.4 Å². The number of nitrogens with one attached hydrogen (secondary N) is 1. The third-order valence-corrected chi connectivity index (χ3v) is 3.84. The van der Waals surface area contributed by atoms with Gasteiger partial charge in [-0.2, -0.15) is 0 Å². The molecular formula is C9H19NO5S. The third kappa shape index (κ3) is 4.75. The second-order valence-corrected chi connectivity index (χ2v) is 5.52. The molecule has 0 aliphatic carbocycles. The summed E-state index contributed by atoms with van der Waals surface area (Å²) in [6.45, 7) is 0.765. The first-order valence-electron chi connectivity index (χ1n) is 5.22. The lowest BCUT2D eigenvalue weighted by molar-refractivity contribution is -0.0961. The van der Waals surface area contributed by atoms with Gasteiger partial charge < -0.3 is 14.2 Å². The summed E-state index contributed by atoms with van der Waals surface area (Å²) >= 11 is 0. The number of sulfonamides is 1. The molecule has 6 nitrogen and oxygen atoms in total. The Bertz CT molecular complexity index is 282. The first-order valence-corrected chi connectivity index (χ1v) is 6.87. The van der Waals surface area contributed by atoms with Crippen molar-refractivity contribution >= 4 is 10.0 Å². The molecule has 1 fully saturated rings. The van der Waals surface area contributed by atoms with Crippen molar-refractivity contribution in [1.82, 2.24) is 4.72 Å². The molecule has 0 aromatic rings. The van der Waals surface area contributed by atoms with Crippen LogP contribution >= 0.6 is 0 Å². The van der Waals surface area contributed by atoms with E-state index in [1.807, 2.05) is 0 Å². The van der Waals surface area contributed by atoms with Gasteiger partial charge in [-0.15, -0.1) is 0 Å². The Labute approximate surface area is 96.3 Å². The van der Waals surface area contributed by atoms with Gasteiger partial charge in [0.15, 0.2) is 6.29 Å². The predicted molar refractivity (Wildman–Crippen MR) is 58.6 cm³/mol. The van der Waals surface area contributed by atoms with Crippen LogP contribution in [0.3, 0.4) is 0 Å². The average Bonchev–Trinajstić information content (AvgIpc) is 2.71. The van der Waals surface area contributed by atoms with Crippen molar-refractivity contribution in [3.63, 3.8) is 0 Å². The fourth-order valence-corrected chi connectivity index (χ4v) is 2.80. The molecule has 1 N–H and O–H groups in total. The molecule has 1 saturated heterocycles. The average molecular weight is 253 g/mol. The van der Waals surface area contributed by atoms with Crippen LogP contribution in [0.2, 0.25) is 0 Å². The molecule has 1 heterocycles. The smallest absolute Gasteiger partial charge is 0.214 e. The lowest BCUT2D eigenvalue weighted by Crippen LogP contribution is -2.38. The number of ether oxygens (including phenoxy) is 3. The van der Waals surface area contributed by atoms with E-state index in [0.717, 1.165) is 12.8 Å². The number of rotatable bonds is 7. The normalized spacial score (nSPS) is 21.8. The summed E-state index contributed by atoms with van der Waals surface area (Å²) < 4.78 is 40.7. The molecule has 0 aromatic carbocycles. The molecule has 0 saturated carbocycles.